The first-order valence-corrected chi connectivity index (χ1v) is 9.03. The highest BCUT2D eigenvalue weighted by Gasteiger charge is 2.34. The first-order chi connectivity index (χ1) is 12.0. The summed E-state index contributed by atoms with van der Waals surface area (Å²) >= 11 is 0. The van der Waals surface area contributed by atoms with Gasteiger partial charge in [0, 0.05) is 52.1 Å². The van der Waals surface area contributed by atoms with Gasteiger partial charge in [-0.1, -0.05) is 0 Å². The van der Waals surface area contributed by atoms with Gasteiger partial charge in [0.15, 0.2) is 5.82 Å². The number of fused-ring (bicyclic) bond motifs is 1. The molecule has 1 unspecified atom stereocenters. The molecule has 0 saturated carbocycles. The van der Waals surface area contributed by atoms with Crippen LogP contribution in [-0.4, -0.2) is 82.8 Å². The molecule has 1 fully saturated rings. The molecular formula is C18H30N6O. The van der Waals surface area contributed by atoms with Gasteiger partial charge in [-0.2, -0.15) is 0 Å². The molecule has 2 aromatic heterocycles. The third-order valence-corrected chi connectivity index (χ3v) is 5.24. The van der Waals surface area contributed by atoms with Crippen molar-refractivity contribution in [1.82, 2.24) is 24.8 Å². The number of hydrogen-bond acceptors (Lipinski definition) is 6. The smallest absolute Gasteiger partial charge is 0.154 e. The van der Waals surface area contributed by atoms with E-state index >= 15 is 0 Å². The Morgan fingerprint density at radius 1 is 1.28 bits per heavy atom. The maximum atomic E-state index is 5.56. The van der Waals surface area contributed by atoms with E-state index in [1.807, 2.05) is 6.07 Å². The average molecular weight is 346 g/mol. The average Bonchev–Trinajstić information content (AvgIpc) is 3.09. The van der Waals surface area contributed by atoms with Crippen molar-refractivity contribution in [1.29, 1.82) is 0 Å². The lowest BCUT2D eigenvalue weighted by atomic mass is 9.99. The fourth-order valence-electron chi connectivity index (χ4n) is 3.61. The summed E-state index contributed by atoms with van der Waals surface area (Å²) in [7, 11) is 1.77. The second kappa shape index (κ2) is 7.68. The summed E-state index contributed by atoms with van der Waals surface area (Å²) in [6, 6.07) is 2.54. The molecule has 25 heavy (non-hydrogen) atoms. The Balaban J connectivity index is 1.69. The van der Waals surface area contributed by atoms with E-state index < -0.39 is 0 Å². The molecule has 2 N–H and O–H groups in total. The molecule has 0 aromatic carbocycles. The number of imidazole rings is 1. The molecule has 7 heteroatoms. The minimum atomic E-state index is -0.0853. The van der Waals surface area contributed by atoms with Crippen molar-refractivity contribution in [2.45, 2.75) is 32.4 Å². The predicted octanol–water partition coefficient (Wildman–Crippen LogP) is 1.80. The molecule has 0 spiro atoms. The number of pyridine rings is 1. The fourth-order valence-corrected chi connectivity index (χ4v) is 3.61. The van der Waals surface area contributed by atoms with Crippen LogP contribution in [-0.2, 0) is 4.74 Å². The molecule has 3 rings (SSSR count). The van der Waals surface area contributed by atoms with E-state index in [0.29, 0.717) is 12.6 Å². The Kier molecular flexibility index (Phi) is 5.56. The number of nitrogens with zero attached hydrogens (tertiary/aromatic N) is 4. The monoisotopic (exact) mass is 346 g/mol. The Morgan fingerprint density at radius 3 is 2.72 bits per heavy atom. The number of nitrogens with one attached hydrogen (secondary N) is 2. The number of methoxy groups -OCH3 is 1. The molecule has 138 valence electrons. The molecule has 1 atom stereocenters. The largest absolute Gasteiger partial charge is 0.383 e. The SMILES string of the molecule is COCC(C)(CNc1nccc2[nH]cnc12)N1CCN(C(C)C)CC1. The zero-order chi connectivity index (χ0) is 17.9. The molecule has 1 saturated heterocycles. The van der Waals surface area contributed by atoms with E-state index in [2.05, 4.69) is 50.8 Å². The summed E-state index contributed by atoms with van der Waals surface area (Å²) in [6.45, 7) is 12.6. The van der Waals surface area contributed by atoms with Crippen molar-refractivity contribution in [2.24, 2.45) is 0 Å². The topological polar surface area (TPSA) is 69.3 Å². The molecule has 7 nitrogen and oxygen atoms in total. The molecule has 1 aliphatic rings. The van der Waals surface area contributed by atoms with Crippen LogP contribution in [0.15, 0.2) is 18.6 Å². The van der Waals surface area contributed by atoms with E-state index in [1.54, 1.807) is 19.6 Å². The first-order valence-electron chi connectivity index (χ1n) is 9.03. The Hall–Kier alpha value is -1.70. The lowest BCUT2D eigenvalue weighted by Crippen LogP contribution is -2.61. The number of H-pyrrole nitrogens is 1. The van der Waals surface area contributed by atoms with Gasteiger partial charge < -0.3 is 15.0 Å². The summed E-state index contributed by atoms with van der Waals surface area (Å²) in [5, 5.41) is 3.50. The second-order valence-electron chi connectivity index (χ2n) is 7.36. The van der Waals surface area contributed by atoms with Crippen molar-refractivity contribution >= 4 is 16.9 Å². The van der Waals surface area contributed by atoms with Gasteiger partial charge in [-0.25, -0.2) is 9.97 Å². The lowest BCUT2D eigenvalue weighted by molar-refractivity contribution is -0.00668. The van der Waals surface area contributed by atoms with E-state index in [0.717, 1.165) is 49.6 Å². The lowest BCUT2D eigenvalue weighted by Gasteiger charge is -2.46. The number of hydrogen-bond donors (Lipinski definition) is 2. The normalized spacial score (nSPS) is 19.4. The molecule has 2 aromatic rings. The van der Waals surface area contributed by atoms with Gasteiger partial charge in [0.2, 0.25) is 0 Å². The fraction of sp³-hybridized carbons (Fsp3) is 0.667. The van der Waals surface area contributed by atoms with Gasteiger partial charge in [-0.05, 0) is 26.8 Å². The van der Waals surface area contributed by atoms with Crippen LogP contribution in [0.4, 0.5) is 5.82 Å². The molecule has 1 aliphatic heterocycles. The summed E-state index contributed by atoms with van der Waals surface area (Å²) in [5.41, 5.74) is 1.79. The van der Waals surface area contributed by atoms with Crippen LogP contribution < -0.4 is 5.32 Å². The van der Waals surface area contributed by atoms with Crippen LogP contribution in [0.3, 0.4) is 0 Å². The quantitative estimate of drug-likeness (QED) is 0.797. The van der Waals surface area contributed by atoms with Crippen molar-refractivity contribution in [2.75, 3.05) is 51.8 Å². The van der Waals surface area contributed by atoms with Gasteiger partial charge in [0.05, 0.1) is 24.0 Å². The van der Waals surface area contributed by atoms with Crippen LogP contribution in [0.1, 0.15) is 20.8 Å². The number of anilines is 1. The minimum absolute atomic E-state index is 0.0853. The molecule has 0 aliphatic carbocycles. The van der Waals surface area contributed by atoms with Gasteiger partial charge in [0.25, 0.3) is 0 Å². The standard InChI is InChI=1S/C18H30N6O/c1-14(2)23-7-9-24(10-8-23)18(3,12-25-4)11-20-17-16-15(5-6-19-17)21-13-22-16/h5-6,13-14H,7-12H2,1-4H3,(H,19,20)(H,21,22). The van der Waals surface area contributed by atoms with Gasteiger partial charge >= 0.3 is 0 Å². The number of ether oxygens (including phenoxy) is 1. The highest BCUT2D eigenvalue weighted by molar-refractivity contribution is 5.85. The van der Waals surface area contributed by atoms with Crippen molar-refractivity contribution in [3.8, 4) is 0 Å². The molecule has 0 radical (unpaired) electrons. The maximum absolute atomic E-state index is 5.56. The van der Waals surface area contributed by atoms with Crippen molar-refractivity contribution < 1.29 is 4.74 Å². The number of piperazine rings is 1. The Morgan fingerprint density at radius 2 is 2.04 bits per heavy atom. The molecule has 0 bridgehead atoms. The van der Waals surface area contributed by atoms with E-state index in [9.17, 15) is 0 Å². The zero-order valence-electron chi connectivity index (χ0n) is 15.7. The van der Waals surface area contributed by atoms with Gasteiger partial charge in [0.1, 0.15) is 5.52 Å². The first kappa shape index (κ1) is 18.1. The van der Waals surface area contributed by atoms with Crippen LogP contribution in [0.5, 0.6) is 0 Å². The second-order valence-corrected chi connectivity index (χ2v) is 7.36. The number of rotatable bonds is 7. The summed E-state index contributed by atoms with van der Waals surface area (Å²) in [5.74, 6) is 0.821. The Labute approximate surface area is 149 Å². The van der Waals surface area contributed by atoms with E-state index in [-0.39, 0.29) is 5.54 Å². The van der Waals surface area contributed by atoms with Crippen molar-refractivity contribution in [3.63, 3.8) is 0 Å². The van der Waals surface area contributed by atoms with Crippen LogP contribution in [0.2, 0.25) is 0 Å². The van der Waals surface area contributed by atoms with E-state index in [4.69, 9.17) is 4.74 Å². The minimum Gasteiger partial charge on any atom is -0.383 e. The molecule has 3 heterocycles. The van der Waals surface area contributed by atoms with Crippen LogP contribution in [0.25, 0.3) is 11.0 Å². The van der Waals surface area contributed by atoms with Gasteiger partial charge in [-0.15, -0.1) is 0 Å². The molecular weight excluding hydrogens is 316 g/mol. The third-order valence-electron chi connectivity index (χ3n) is 5.24. The summed E-state index contributed by atoms with van der Waals surface area (Å²) < 4.78 is 5.56. The van der Waals surface area contributed by atoms with E-state index in [1.165, 1.54) is 0 Å². The highest BCUT2D eigenvalue weighted by atomic mass is 16.5. The Bertz CT molecular complexity index is 679. The number of aromatic nitrogens is 3. The highest BCUT2D eigenvalue weighted by Crippen LogP contribution is 2.22. The van der Waals surface area contributed by atoms with Gasteiger partial charge in [-0.3, -0.25) is 9.80 Å². The molecule has 0 amide bonds. The van der Waals surface area contributed by atoms with Crippen molar-refractivity contribution in [3.05, 3.63) is 18.6 Å². The maximum Gasteiger partial charge on any atom is 0.154 e. The van der Waals surface area contributed by atoms with Crippen LogP contribution >= 0.6 is 0 Å². The summed E-state index contributed by atoms with van der Waals surface area (Å²) in [4.78, 5) is 17.0. The third kappa shape index (κ3) is 3.94. The predicted molar refractivity (Wildman–Crippen MR) is 101 cm³/mol. The van der Waals surface area contributed by atoms with Crippen LogP contribution in [0, 0.1) is 0 Å². The summed E-state index contributed by atoms with van der Waals surface area (Å²) in [6.07, 6.45) is 3.51. The zero-order valence-corrected chi connectivity index (χ0v) is 15.7. The number of aromatic amines is 1.